The van der Waals surface area contributed by atoms with Gasteiger partial charge in [-0.1, -0.05) is 97.1 Å². The average molecular weight is 498 g/mol. The van der Waals surface area contributed by atoms with Gasteiger partial charge in [0.2, 0.25) is 0 Å². The second kappa shape index (κ2) is 7.62. The molecule has 0 aliphatic carbocycles. The van der Waals surface area contributed by atoms with Crippen molar-refractivity contribution < 1.29 is 0 Å². The van der Waals surface area contributed by atoms with Gasteiger partial charge in [0.25, 0.3) is 0 Å². The van der Waals surface area contributed by atoms with Crippen LogP contribution < -0.4 is 0 Å². The molecule has 39 heavy (non-hydrogen) atoms. The molecular formula is C36H23N3. The van der Waals surface area contributed by atoms with Gasteiger partial charge in [0.15, 0.2) is 0 Å². The Morgan fingerprint density at radius 1 is 0.385 bits per heavy atom. The summed E-state index contributed by atoms with van der Waals surface area (Å²) in [5.74, 6) is 0. The molecule has 9 rings (SSSR count). The third kappa shape index (κ3) is 2.76. The predicted octanol–water partition coefficient (Wildman–Crippen LogP) is 9.52. The minimum atomic E-state index is 1.16. The quantitative estimate of drug-likeness (QED) is 0.246. The maximum Gasteiger partial charge on any atom is 0.0794 e. The van der Waals surface area contributed by atoms with E-state index in [4.69, 9.17) is 0 Å². The van der Waals surface area contributed by atoms with Gasteiger partial charge in [-0.3, -0.25) is 0 Å². The number of nitrogens with zero attached hydrogens (tertiary/aromatic N) is 2. The Kier molecular flexibility index (Phi) is 4.05. The van der Waals surface area contributed by atoms with E-state index in [1.54, 1.807) is 0 Å². The Bertz CT molecular complexity index is 2340. The fourth-order valence-electron chi connectivity index (χ4n) is 6.57. The average Bonchev–Trinajstić information content (AvgIpc) is 3.64. The first-order chi connectivity index (χ1) is 19.4. The lowest BCUT2D eigenvalue weighted by Gasteiger charge is -2.15. The lowest BCUT2D eigenvalue weighted by atomic mass is 10.00. The summed E-state index contributed by atoms with van der Waals surface area (Å²) in [5.41, 5.74) is 9.56. The number of rotatable bonds is 2. The van der Waals surface area contributed by atoms with Crippen molar-refractivity contribution in [1.29, 1.82) is 0 Å². The second-order valence-corrected chi connectivity index (χ2v) is 10.3. The van der Waals surface area contributed by atoms with Crippen LogP contribution in [0.25, 0.3) is 76.5 Å². The molecule has 3 heteroatoms. The number of hydrogen-bond donors (Lipinski definition) is 1. The highest BCUT2D eigenvalue weighted by Gasteiger charge is 2.20. The molecule has 3 heterocycles. The third-order valence-electron chi connectivity index (χ3n) is 8.24. The van der Waals surface area contributed by atoms with Crippen molar-refractivity contribution in [2.45, 2.75) is 0 Å². The highest BCUT2D eigenvalue weighted by atomic mass is 15.5. The van der Waals surface area contributed by atoms with E-state index in [1.165, 1.54) is 71.0 Å². The zero-order valence-electron chi connectivity index (χ0n) is 21.1. The smallest absolute Gasteiger partial charge is 0.0794 e. The minimum absolute atomic E-state index is 1.16. The monoisotopic (exact) mass is 497 g/mol. The van der Waals surface area contributed by atoms with Crippen LogP contribution >= 0.6 is 0 Å². The zero-order chi connectivity index (χ0) is 25.5. The first kappa shape index (κ1) is 20.7. The van der Waals surface area contributed by atoms with Gasteiger partial charge in [0.1, 0.15) is 0 Å². The van der Waals surface area contributed by atoms with Gasteiger partial charge in [0, 0.05) is 48.9 Å². The molecule has 1 N–H and O–H groups in total. The van der Waals surface area contributed by atoms with Crippen molar-refractivity contribution in [3.05, 3.63) is 133 Å². The molecule has 0 spiro atoms. The summed E-state index contributed by atoms with van der Waals surface area (Å²) in [6.45, 7) is 0. The van der Waals surface area contributed by atoms with Crippen LogP contribution in [-0.4, -0.2) is 14.3 Å². The van der Waals surface area contributed by atoms with Crippen LogP contribution in [0, 0.1) is 0 Å². The number of aromatic amines is 1. The van der Waals surface area contributed by atoms with Crippen molar-refractivity contribution in [2.24, 2.45) is 0 Å². The van der Waals surface area contributed by atoms with Gasteiger partial charge in [-0.2, -0.15) is 0 Å². The van der Waals surface area contributed by atoms with Gasteiger partial charge < -0.3 is 4.98 Å². The molecule has 6 aromatic carbocycles. The summed E-state index contributed by atoms with van der Waals surface area (Å²) >= 11 is 0. The van der Waals surface area contributed by atoms with Crippen LogP contribution in [-0.2, 0) is 0 Å². The number of H-pyrrole nitrogens is 1. The summed E-state index contributed by atoms with van der Waals surface area (Å²) in [6.07, 6.45) is 0. The molecule has 0 saturated heterocycles. The normalized spacial score (nSPS) is 12.1. The van der Waals surface area contributed by atoms with Gasteiger partial charge in [-0.15, -0.1) is 0 Å². The summed E-state index contributed by atoms with van der Waals surface area (Å²) in [5, 5.41) is 7.53. The highest BCUT2D eigenvalue weighted by molar-refractivity contribution is 6.16. The number of nitrogens with one attached hydrogen (secondary N) is 1. The van der Waals surface area contributed by atoms with Crippen LogP contribution in [0.1, 0.15) is 0 Å². The Balaban J connectivity index is 1.46. The fourth-order valence-corrected chi connectivity index (χ4v) is 6.57. The molecule has 3 aromatic heterocycles. The molecule has 0 amide bonds. The Labute approximate surface area is 224 Å². The molecule has 0 atom stereocenters. The number of benzene rings is 6. The van der Waals surface area contributed by atoms with Crippen LogP contribution in [0.4, 0.5) is 0 Å². The third-order valence-corrected chi connectivity index (χ3v) is 8.24. The van der Waals surface area contributed by atoms with E-state index in [-0.39, 0.29) is 0 Å². The van der Waals surface area contributed by atoms with Crippen LogP contribution in [0.3, 0.4) is 0 Å². The zero-order valence-corrected chi connectivity index (χ0v) is 21.1. The molecule has 9 aromatic rings. The van der Waals surface area contributed by atoms with E-state index >= 15 is 0 Å². The van der Waals surface area contributed by atoms with Crippen molar-refractivity contribution in [1.82, 2.24) is 14.3 Å². The standard InChI is InChI=1S/C36H23N3/c1-5-16-31-25(10-1)30-22-23(20-21-32(30)37-31)24-14-9-15-29-28-13-4-8-19-35(28)39(36(24)29)38-33-17-6-2-11-26(33)27-12-3-7-18-34(27)38/h1-22,37H. The van der Waals surface area contributed by atoms with Gasteiger partial charge in [-0.05, 0) is 42.0 Å². The summed E-state index contributed by atoms with van der Waals surface area (Å²) in [4.78, 5) is 3.58. The van der Waals surface area contributed by atoms with E-state index in [1.807, 2.05) is 0 Å². The fraction of sp³-hybridized carbons (Fsp3) is 0. The number of hydrogen-bond acceptors (Lipinski definition) is 0. The van der Waals surface area contributed by atoms with Crippen molar-refractivity contribution in [3.8, 4) is 11.1 Å². The van der Waals surface area contributed by atoms with Gasteiger partial charge >= 0.3 is 0 Å². The van der Waals surface area contributed by atoms with E-state index in [2.05, 4.69) is 148 Å². The van der Waals surface area contributed by atoms with E-state index < -0.39 is 0 Å². The summed E-state index contributed by atoms with van der Waals surface area (Å²) < 4.78 is 4.84. The van der Waals surface area contributed by atoms with Crippen molar-refractivity contribution in [3.63, 3.8) is 0 Å². The molecule has 0 radical (unpaired) electrons. The molecule has 0 saturated carbocycles. The van der Waals surface area contributed by atoms with E-state index in [0.717, 1.165) is 5.52 Å². The second-order valence-electron chi connectivity index (χ2n) is 10.3. The number of aromatic nitrogens is 3. The lowest BCUT2D eigenvalue weighted by Crippen LogP contribution is -2.09. The molecule has 0 unspecified atom stereocenters. The van der Waals surface area contributed by atoms with Crippen molar-refractivity contribution >= 4 is 65.4 Å². The Morgan fingerprint density at radius 3 is 1.64 bits per heavy atom. The van der Waals surface area contributed by atoms with E-state index in [9.17, 15) is 0 Å². The van der Waals surface area contributed by atoms with Crippen LogP contribution in [0.5, 0.6) is 0 Å². The Morgan fingerprint density at radius 2 is 0.923 bits per heavy atom. The van der Waals surface area contributed by atoms with Gasteiger partial charge in [-0.25, -0.2) is 9.35 Å². The molecule has 3 nitrogen and oxygen atoms in total. The largest absolute Gasteiger partial charge is 0.355 e. The maximum absolute atomic E-state index is 3.58. The SMILES string of the molecule is c1ccc2c(c1)[nH]c1ccc(-c3cccc4c5ccccc5n(-n5c6ccccc6c6ccccc65)c34)cc12. The molecule has 0 aliphatic rings. The minimum Gasteiger partial charge on any atom is -0.355 e. The predicted molar refractivity (Wildman–Crippen MR) is 164 cm³/mol. The molecule has 0 fully saturated rings. The maximum atomic E-state index is 3.58. The lowest BCUT2D eigenvalue weighted by molar-refractivity contribution is 0.775. The number of para-hydroxylation sites is 5. The topological polar surface area (TPSA) is 25.6 Å². The van der Waals surface area contributed by atoms with Crippen molar-refractivity contribution in [2.75, 3.05) is 0 Å². The molecular weight excluding hydrogens is 474 g/mol. The summed E-state index contributed by atoms with van der Waals surface area (Å²) in [7, 11) is 0. The highest BCUT2D eigenvalue weighted by Crippen LogP contribution is 2.40. The summed E-state index contributed by atoms with van der Waals surface area (Å²) in [6, 6.07) is 48.3. The van der Waals surface area contributed by atoms with Gasteiger partial charge in [0.05, 0.1) is 22.1 Å². The first-order valence-electron chi connectivity index (χ1n) is 13.4. The van der Waals surface area contributed by atoms with E-state index in [0.29, 0.717) is 0 Å². The Hall–Kier alpha value is -5.28. The molecule has 182 valence electrons. The molecule has 0 aliphatic heterocycles. The molecule has 0 bridgehead atoms. The first-order valence-corrected chi connectivity index (χ1v) is 13.4. The van der Waals surface area contributed by atoms with Crippen LogP contribution in [0.15, 0.2) is 133 Å². The van der Waals surface area contributed by atoms with Crippen LogP contribution in [0.2, 0.25) is 0 Å². The number of fused-ring (bicyclic) bond motifs is 9.